The van der Waals surface area contributed by atoms with E-state index in [1.165, 1.54) is 12.1 Å². The summed E-state index contributed by atoms with van der Waals surface area (Å²) in [5.41, 5.74) is 16.9. The molecule has 0 radical (unpaired) electrons. The second-order valence-electron chi connectivity index (χ2n) is 17.8. The van der Waals surface area contributed by atoms with Crippen molar-refractivity contribution in [3.8, 4) is 0 Å². The van der Waals surface area contributed by atoms with Gasteiger partial charge in [-0.3, -0.25) is 62.9 Å². The number of carbonyl (C=O) groups is 8. The van der Waals surface area contributed by atoms with Gasteiger partial charge in [-0.2, -0.15) is 0 Å². The van der Waals surface area contributed by atoms with Crippen molar-refractivity contribution in [2.45, 2.75) is 56.6 Å². The molecule has 0 bridgehead atoms. The Bertz CT molecular complexity index is 2190. The lowest BCUT2D eigenvalue weighted by molar-refractivity contribution is -0.139. The second kappa shape index (κ2) is 29.8. The maximum absolute atomic E-state index is 13.6. The van der Waals surface area contributed by atoms with Crippen molar-refractivity contribution < 1.29 is 63.7 Å². The third-order valence-corrected chi connectivity index (χ3v) is 12.2. The minimum absolute atomic E-state index is 0.00654. The molecule has 27 heteroatoms. The van der Waals surface area contributed by atoms with Gasteiger partial charge in [0.15, 0.2) is 5.96 Å². The molecule has 2 heterocycles. The number of nitrogens with two attached hydrogens (primary N) is 3. The number of nitrogens with zero attached hydrogens (tertiary/aromatic N) is 6. The molecule has 3 atom stereocenters. The van der Waals surface area contributed by atoms with E-state index in [1.807, 2.05) is 0 Å². The van der Waals surface area contributed by atoms with Gasteiger partial charge in [0, 0.05) is 89.7 Å². The Balaban J connectivity index is 1.29. The van der Waals surface area contributed by atoms with Crippen LogP contribution in [0.2, 0.25) is 0 Å². The summed E-state index contributed by atoms with van der Waals surface area (Å²) < 4.78 is 0. The highest BCUT2D eigenvalue weighted by molar-refractivity contribution is 6.43. The summed E-state index contributed by atoms with van der Waals surface area (Å²) in [4.78, 5) is 114. The smallest absolute Gasteiger partial charge is 0.475 e. The van der Waals surface area contributed by atoms with Gasteiger partial charge in [-0.05, 0) is 61.4 Å². The van der Waals surface area contributed by atoms with E-state index in [9.17, 15) is 63.7 Å². The molecular weight excluding hydrogens is 941 g/mol. The molecule has 2 unspecified atom stereocenters. The van der Waals surface area contributed by atoms with Gasteiger partial charge in [-0.25, -0.2) is 0 Å². The second-order valence-corrected chi connectivity index (χ2v) is 17.8. The highest BCUT2D eigenvalue weighted by Crippen LogP contribution is 2.24. The van der Waals surface area contributed by atoms with E-state index in [0.717, 1.165) is 4.90 Å². The first-order valence-electron chi connectivity index (χ1n) is 24.0. The van der Waals surface area contributed by atoms with Gasteiger partial charge in [0.1, 0.15) is 6.04 Å². The minimum atomic E-state index is -1.85. The highest BCUT2D eigenvalue weighted by atomic mass is 16.4. The van der Waals surface area contributed by atoms with Gasteiger partial charge in [-0.1, -0.05) is 24.3 Å². The molecule has 396 valence electrons. The molecule has 0 aliphatic carbocycles. The van der Waals surface area contributed by atoms with Gasteiger partial charge in [0.2, 0.25) is 23.6 Å². The summed E-state index contributed by atoms with van der Waals surface area (Å²) in [6.45, 7) is 1.46. The van der Waals surface area contributed by atoms with E-state index in [1.54, 1.807) is 43.9 Å². The van der Waals surface area contributed by atoms with Crippen LogP contribution in [0.25, 0.3) is 10.8 Å². The van der Waals surface area contributed by atoms with Crippen molar-refractivity contribution in [3.05, 3.63) is 47.5 Å². The van der Waals surface area contributed by atoms with E-state index < -0.39 is 73.2 Å². The summed E-state index contributed by atoms with van der Waals surface area (Å²) in [6, 6.07) is 8.84. The van der Waals surface area contributed by atoms with Crippen LogP contribution in [-0.4, -0.2) is 240 Å². The van der Waals surface area contributed by atoms with E-state index in [-0.39, 0.29) is 115 Å². The maximum atomic E-state index is 13.6. The van der Waals surface area contributed by atoms with E-state index in [4.69, 9.17) is 17.2 Å². The molecule has 0 saturated carbocycles. The van der Waals surface area contributed by atoms with Crippen molar-refractivity contribution in [1.29, 1.82) is 0 Å². The fourth-order valence-corrected chi connectivity index (χ4v) is 8.55. The van der Waals surface area contributed by atoms with Crippen LogP contribution in [0.4, 0.5) is 0 Å². The zero-order valence-electron chi connectivity index (χ0n) is 40.5. The maximum Gasteiger partial charge on any atom is 0.475 e. The quantitative estimate of drug-likeness (QED) is 0.0192. The third-order valence-electron chi connectivity index (χ3n) is 12.2. The molecule has 2 aromatic carbocycles. The summed E-state index contributed by atoms with van der Waals surface area (Å²) in [6.07, 6.45) is 1.34. The highest BCUT2D eigenvalue weighted by Gasteiger charge is 2.41. The van der Waals surface area contributed by atoms with Crippen LogP contribution in [0.3, 0.4) is 0 Å². The molecule has 2 aliphatic rings. The number of unbranched alkanes of at least 4 members (excludes halogenated alkanes) is 2. The molecule has 0 aromatic heterocycles. The van der Waals surface area contributed by atoms with Crippen LogP contribution < -0.4 is 38.5 Å². The number of fused-ring (bicyclic) bond motifs is 1. The molecule has 0 spiro atoms. The first-order valence-corrected chi connectivity index (χ1v) is 24.0. The molecule has 2 aromatic rings. The lowest BCUT2D eigenvalue weighted by atomic mass is 9.77. The Morgan fingerprint density at radius 1 is 0.667 bits per heavy atom. The number of aliphatic carboxylic acids is 2. The molecule has 6 amide bonds. The number of carboxylic acid groups (broad SMARTS) is 2. The first-order chi connectivity index (χ1) is 34.3. The molecule has 72 heavy (non-hydrogen) atoms. The lowest BCUT2D eigenvalue weighted by Gasteiger charge is -2.33. The number of rotatable bonds is 25. The zero-order chi connectivity index (χ0) is 52.7. The van der Waals surface area contributed by atoms with E-state index in [2.05, 4.69) is 26.3 Å². The van der Waals surface area contributed by atoms with Gasteiger partial charge < -0.3 is 68.7 Å². The van der Waals surface area contributed by atoms with Gasteiger partial charge in [0.25, 0.3) is 11.8 Å². The number of aliphatic hydroxyl groups excluding tert-OH is 1. The first kappa shape index (κ1) is 58.1. The number of aliphatic hydroxyl groups is 1. The predicted octanol–water partition coefficient (Wildman–Crippen LogP) is -5.03. The summed E-state index contributed by atoms with van der Waals surface area (Å²) in [7, 11) is -1.85. The minimum Gasteiger partial charge on any atom is -0.480 e. The number of hydrogen-bond acceptors (Lipinski definition) is 16. The van der Waals surface area contributed by atoms with Crippen LogP contribution in [0.5, 0.6) is 0 Å². The molecule has 4 rings (SSSR count). The van der Waals surface area contributed by atoms with Crippen molar-refractivity contribution in [2.24, 2.45) is 22.2 Å². The summed E-state index contributed by atoms with van der Waals surface area (Å²) in [5, 5.41) is 60.4. The van der Waals surface area contributed by atoms with Crippen molar-refractivity contribution in [3.63, 3.8) is 0 Å². The summed E-state index contributed by atoms with van der Waals surface area (Å²) in [5.74, 6) is -6.29. The number of carbonyl (C=O) groups excluding carboxylic acids is 6. The normalized spacial score (nSPS) is 18.0. The predicted molar refractivity (Wildman–Crippen MR) is 264 cm³/mol. The Hall–Kier alpha value is -6.49. The monoisotopic (exact) mass is 1010 g/mol. The number of primary amides is 1. The molecule has 15 N–H and O–H groups in total. The molecule has 2 fully saturated rings. The summed E-state index contributed by atoms with van der Waals surface area (Å²) >= 11 is 0. The number of likely N-dealkylation sites (tertiary alicyclic amines) is 1. The number of carboxylic acids is 2. The number of nitrogens with one attached hydrogen (secondary N) is 4. The van der Waals surface area contributed by atoms with Crippen molar-refractivity contribution in [2.75, 3.05) is 111 Å². The van der Waals surface area contributed by atoms with Crippen LogP contribution in [0.1, 0.15) is 59.2 Å². The van der Waals surface area contributed by atoms with Gasteiger partial charge in [-0.15, -0.1) is 0 Å². The number of guanidine groups is 1. The van der Waals surface area contributed by atoms with Crippen LogP contribution in [0, 0.1) is 0 Å². The standard InChI is InChI=1S/C45H70BN13O13/c47-37(61)26-55-15-19-57(28-40(64)65)21-17-56(18-22-58(20-16-55)29-41(66)67)27-38(62)54-35(9-6-14-52-45(48)49)44(70)51-13-5-1-4-12-50-42(68)33-10-11-34(32-8-3-2-7-31(32)33)43(69)53-24-39(63)59-25-30(60)23-36(59)46(71)72/h2-3,7-8,10-11,30,35-36,60,71-72H,1,4-6,9,12-29H2,(H2,47,61)(H,50,68)(H,51,70)(H,53,69)(H,54,62)(H,64,65)(H,66,67)(H4,48,49,52)/t30?,35?,36-/m0/s1. The third kappa shape index (κ3) is 20.0. The molecular formula is C45H70BN13O13. The Kier molecular flexibility index (Phi) is 24.0. The van der Waals surface area contributed by atoms with E-state index >= 15 is 0 Å². The largest absolute Gasteiger partial charge is 0.480 e. The number of amides is 6. The van der Waals surface area contributed by atoms with Crippen molar-refractivity contribution in [1.82, 2.24) is 45.8 Å². The molecule has 26 nitrogen and oxygen atoms in total. The average molecular weight is 1010 g/mol. The topological polar surface area (TPSA) is 392 Å². The molecule has 2 saturated heterocycles. The van der Waals surface area contributed by atoms with Gasteiger partial charge >= 0.3 is 19.1 Å². The average Bonchev–Trinajstić information content (AvgIpc) is 3.73. The number of hydrogen-bond donors (Lipinski definition) is 12. The van der Waals surface area contributed by atoms with E-state index in [0.29, 0.717) is 61.7 Å². The number of aliphatic imine (C=N–C) groups is 1. The number of β-amino-alcohol motifs (C(OH)–C–C–N with tert-alkyl or cyclic N) is 1. The van der Waals surface area contributed by atoms with Crippen molar-refractivity contribution >= 4 is 71.2 Å². The SMILES string of the molecule is NC(=O)CN1CCN(CC(=O)O)CCN(CC(=O)NC(CCCN=C(N)N)C(=O)NCCCCCNC(=O)c2ccc(C(=O)NCC(=O)N3CC(O)C[C@H]3B(O)O)c3ccccc23)CCN(CC(=O)O)CC1. The Labute approximate surface area is 417 Å². The molecule has 2 aliphatic heterocycles. The fraction of sp³-hybridized carbons (Fsp3) is 0.578. The van der Waals surface area contributed by atoms with Gasteiger partial charge in [0.05, 0.1) is 44.8 Å². The zero-order valence-corrected chi connectivity index (χ0v) is 40.5. The Morgan fingerprint density at radius 3 is 1.67 bits per heavy atom. The lowest BCUT2D eigenvalue weighted by Crippen LogP contribution is -2.52. The Morgan fingerprint density at radius 2 is 1.17 bits per heavy atom. The fourth-order valence-electron chi connectivity index (χ4n) is 8.55. The van der Waals surface area contributed by atoms with Crippen LogP contribution in [0.15, 0.2) is 41.4 Å². The van der Waals surface area contributed by atoms with Crippen LogP contribution in [-0.2, 0) is 28.8 Å². The number of benzene rings is 2. The van der Waals surface area contributed by atoms with Crippen LogP contribution >= 0.6 is 0 Å².